The number of unbranched alkanes of at least 4 members (excludes halogenated alkanes) is 6. The summed E-state index contributed by atoms with van der Waals surface area (Å²) in [6.45, 7) is 6.55. The third-order valence-corrected chi connectivity index (χ3v) is 3.72. The van der Waals surface area contributed by atoms with Gasteiger partial charge >= 0.3 is 0 Å². The lowest BCUT2D eigenvalue weighted by atomic mass is 10.0. The summed E-state index contributed by atoms with van der Waals surface area (Å²) in [6, 6.07) is 0.688. The number of hydrogen-bond acceptors (Lipinski definition) is 2. The second kappa shape index (κ2) is 9.90. The third-order valence-electron chi connectivity index (χ3n) is 3.72. The normalized spacial score (nSPS) is 25.1. The zero-order valence-electron chi connectivity index (χ0n) is 11.8. The molecule has 1 heterocycles. The maximum absolute atomic E-state index is 5.90. The van der Waals surface area contributed by atoms with E-state index in [0.717, 1.165) is 13.2 Å². The Balaban J connectivity index is 1.81. The molecular formula is C15H31NO. The van der Waals surface area contributed by atoms with E-state index in [9.17, 15) is 0 Å². The molecule has 0 aliphatic carbocycles. The summed E-state index contributed by atoms with van der Waals surface area (Å²) < 4.78 is 5.90. The Kier molecular flexibility index (Phi) is 8.72. The van der Waals surface area contributed by atoms with E-state index in [0.29, 0.717) is 12.1 Å². The van der Waals surface area contributed by atoms with Gasteiger partial charge in [-0.2, -0.15) is 0 Å². The van der Waals surface area contributed by atoms with E-state index in [1.54, 1.807) is 0 Å². The van der Waals surface area contributed by atoms with Crippen molar-refractivity contribution in [2.45, 2.75) is 83.8 Å². The van der Waals surface area contributed by atoms with Crippen LogP contribution in [0.5, 0.6) is 0 Å². The summed E-state index contributed by atoms with van der Waals surface area (Å²) >= 11 is 0. The summed E-state index contributed by atoms with van der Waals surface area (Å²) in [5.41, 5.74) is 0. The van der Waals surface area contributed by atoms with Crippen molar-refractivity contribution in [2.75, 3.05) is 13.2 Å². The van der Waals surface area contributed by atoms with Crippen molar-refractivity contribution in [3.63, 3.8) is 0 Å². The first kappa shape index (κ1) is 15.0. The van der Waals surface area contributed by atoms with Gasteiger partial charge in [0.2, 0.25) is 0 Å². The average Bonchev–Trinajstić information content (AvgIpc) is 2.35. The van der Waals surface area contributed by atoms with Crippen LogP contribution in [-0.2, 0) is 4.74 Å². The van der Waals surface area contributed by atoms with Crippen molar-refractivity contribution in [1.29, 1.82) is 0 Å². The summed E-state index contributed by atoms with van der Waals surface area (Å²) in [5, 5.41) is 3.48. The zero-order chi connectivity index (χ0) is 12.3. The Bertz CT molecular complexity index is 164. The van der Waals surface area contributed by atoms with Crippen molar-refractivity contribution < 1.29 is 4.74 Å². The van der Waals surface area contributed by atoms with Gasteiger partial charge in [0.15, 0.2) is 0 Å². The Morgan fingerprint density at radius 2 is 1.71 bits per heavy atom. The number of hydrogen-bond donors (Lipinski definition) is 1. The Labute approximate surface area is 108 Å². The molecule has 2 unspecified atom stereocenters. The monoisotopic (exact) mass is 241 g/mol. The van der Waals surface area contributed by atoms with Gasteiger partial charge in [-0.05, 0) is 26.2 Å². The molecular weight excluding hydrogens is 210 g/mol. The third kappa shape index (κ3) is 7.77. The molecule has 0 saturated carbocycles. The largest absolute Gasteiger partial charge is 0.377 e. The van der Waals surface area contributed by atoms with Crippen LogP contribution < -0.4 is 5.32 Å². The van der Waals surface area contributed by atoms with Gasteiger partial charge in [0.25, 0.3) is 0 Å². The predicted molar refractivity (Wildman–Crippen MR) is 74.4 cm³/mol. The molecule has 0 aromatic carbocycles. The summed E-state index contributed by atoms with van der Waals surface area (Å²) in [5.74, 6) is 0. The molecule has 1 saturated heterocycles. The molecule has 2 atom stereocenters. The Hall–Kier alpha value is -0.0800. The molecule has 2 nitrogen and oxygen atoms in total. The van der Waals surface area contributed by atoms with Crippen LogP contribution in [0.15, 0.2) is 0 Å². The Morgan fingerprint density at radius 3 is 2.35 bits per heavy atom. The molecule has 0 radical (unpaired) electrons. The van der Waals surface area contributed by atoms with Gasteiger partial charge in [0.1, 0.15) is 0 Å². The second-order valence-electron chi connectivity index (χ2n) is 5.50. The van der Waals surface area contributed by atoms with E-state index >= 15 is 0 Å². The molecule has 1 aliphatic heterocycles. The molecule has 1 rings (SSSR count). The van der Waals surface area contributed by atoms with Gasteiger partial charge in [-0.25, -0.2) is 0 Å². The van der Waals surface area contributed by atoms with E-state index < -0.39 is 0 Å². The van der Waals surface area contributed by atoms with Gasteiger partial charge in [0.05, 0.1) is 6.10 Å². The smallest absolute Gasteiger partial charge is 0.0700 e. The average molecular weight is 241 g/mol. The van der Waals surface area contributed by atoms with Crippen LogP contribution in [0, 0.1) is 0 Å². The summed E-state index contributed by atoms with van der Waals surface area (Å²) in [6.07, 6.45) is 12.6. The zero-order valence-corrected chi connectivity index (χ0v) is 11.8. The lowest BCUT2D eigenvalue weighted by Gasteiger charge is -2.27. The first-order valence-corrected chi connectivity index (χ1v) is 7.68. The van der Waals surface area contributed by atoms with Crippen LogP contribution in [0.2, 0.25) is 0 Å². The summed E-state index contributed by atoms with van der Waals surface area (Å²) in [4.78, 5) is 0. The minimum Gasteiger partial charge on any atom is -0.377 e. The molecule has 1 N–H and O–H groups in total. The molecule has 0 aromatic heterocycles. The molecule has 0 amide bonds. The minimum atomic E-state index is 0.478. The van der Waals surface area contributed by atoms with Gasteiger partial charge < -0.3 is 10.1 Å². The van der Waals surface area contributed by atoms with Crippen molar-refractivity contribution >= 4 is 0 Å². The fourth-order valence-corrected chi connectivity index (χ4v) is 2.42. The van der Waals surface area contributed by atoms with Crippen LogP contribution in [0.3, 0.4) is 0 Å². The van der Waals surface area contributed by atoms with Crippen molar-refractivity contribution in [3.05, 3.63) is 0 Å². The quantitative estimate of drug-likeness (QED) is 0.618. The molecule has 2 heteroatoms. The van der Waals surface area contributed by atoms with Crippen LogP contribution in [0.1, 0.15) is 71.6 Å². The standard InChI is InChI=1S/C15H31NO/c1-3-4-5-6-7-8-9-12-17-15-11-10-14(2)16-13-15/h14-16H,3-13H2,1-2H3. The highest BCUT2D eigenvalue weighted by Crippen LogP contribution is 2.12. The van der Waals surface area contributed by atoms with Crippen LogP contribution >= 0.6 is 0 Å². The molecule has 0 bridgehead atoms. The number of ether oxygens (including phenoxy) is 1. The maximum Gasteiger partial charge on any atom is 0.0700 e. The fraction of sp³-hybridized carbons (Fsp3) is 1.00. The molecule has 0 spiro atoms. The fourth-order valence-electron chi connectivity index (χ4n) is 2.42. The van der Waals surface area contributed by atoms with Gasteiger partial charge in [-0.1, -0.05) is 45.4 Å². The second-order valence-corrected chi connectivity index (χ2v) is 5.50. The van der Waals surface area contributed by atoms with Crippen molar-refractivity contribution in [1.82, 2.24) is 5.32 Å². The van der Waals surface area contributed by atoms with Crippen LogP contribution in [0.25, 0.3) is 0 Å². The summed E-state index contributed by atoms with van der Waals surface area (Å²) in [7, 11) is 0. The molecule has 102 valence electrons. The van der Waals surface area contributed by atoms with E-state index in [1.807, 2.05) is 0 Å². The van der Waals surface area contributed by atoms with E-state index in [2.05, 4.69) is 19.2 Å². The molecule has 1 fully saturated rings. The first-order valence-electron chi connectivity index (χ1n) is 7.68. The van der Waals surface area contributed by atoms with Crippen LogP contribution in [-0.4, -0.2) is 25.3 Å². The first-order chi connectivity index (χ1) is 8.33. The van der Waals surface area contributed by atoms with Crippen molar-refractivity contribution in [3.8, 4) is 0 Å². The highest BCUT2D eigenvalue weighted by atomic mass is 16.5. The SMILES string of the molecule is CCCCCCCCCOC1CCC(C)NC1. The highest BCUT2D eigenvalue weighted by molar-refractivity contribution is 4.74. The van der Waals surface area contributed by atoms with Gasteiger partial charge in [-0.3, -0.25) is 0 Å². The highest BCUT2D eigenvalue weighted by Gasteiger charge is 2.17. The van der Waals surface area contributed by atoms with E-state index in [1.165, 1.54) is 57.8 Å². The van der Waals surface area contributed by atoms with Crippen molar-refractivity contribution in [2.24, 2.45) is 0 Å². The van der Waals surface area contributed by atoms with E-state index in [4.69, 9.17) is 4.74 Å². The predicted octanol–water partition coefficient (Wildman–Crippen LogP) is 3.89. The van der Waals surface area contributed by atoms with E-state index in [-0.39, 0.29) is 0 Å². The number of piperidine rings is 1. The lowest BCUT2D eigenvalue weighted by Crippen LogP contribution is -2.41. The maximum atomic E-state index is 5.90. The number of rotatable bonds is 9. The Morgan fingerprint density at radius 1 is 1.00 bits per heavy atom. The minimum absolute atomic E-state index is 0.478. The molecule has 0 aromatic rings. The molecule has 17 heavy (non-hydrogen) atoms. The van der Waals surface area contributed by atoms with Gasteiger partial charge in [-0.15, -0.1) is 0 Å². The topological polar surface area (TPSA) is 21.3 Å². The van der Waals surface area contributed by atoms with Crippen LogP contribution in [0.4, 0.5) is 0 Å². The lowest BCUT2D eigenvalue weighted by molar-refractivity contribution is 0.0286. The molecule has 1 aliphatic rings. The van der Waals surface area contributed by atoms with Gasteiger partial charge in [0, 0.05) is 19.2 Å². The number of nitrogens with one attached hydrogen (secondary N) is 1.